The van der Waals surface area contributed by atoms with Crippen molar-refractivity contribution >= 4 is 49.1 Å². The van der Waals surface area contributed by atoms with Crippen LogP contribution in [-0.4, -0.2) is 62.1 Å². The van der Waals surface area contributed by atoms with Gasteiger partial charge in [-0.05, 0) is 137 Å². The maximum Gasteiger partial charge on any atom is 0.315 e. The molecular formula is C40H75Cl3N4O3. The second-order valence-corrected chi connectivity index (χ2v) is 17.0. The fraction of sp³-hybridized carbons (Fsp3) is 0.900. The van der Waals surface area contributed by atoms with E-state index in [4.69, 9.17) is 16.2 Å². The van der Waals surface area contributed by atoms with Crippen molar-refractivity contribution in [3.8, 4) is 0 Å². The summed E-state index contributed by atoms with van der Waals surface area (Å²) in [4.78, 5) is 28.3. The average molecular weight is 766 g/mol. The van der Waals surface area contributed by atoms with Gasteiger partial charge in [-0.3, -0.25) is 9.59 Å². The molecule has 5 N–H and O–H groups in total. The summed E-state index contributed by atoms with van der Waals surface area (Å²) in [5.74, 6) is 3.96. The number of unbranched alkanes of at least 4 members (excludes halogenated alkanes) is 1. The van der Waals surface area contributed by atoms with E-state index in [1.54, 1.807) is 5.57 Å². The van der Waals surface area contributed by atoms with Gasteiger partial charge < -0.3 is 26.4 Å². The number of rotatable bonds is 19. The Balaban J connectivity index is 0.00000417. The molecule has 0 aliphatic heterocycles. The van der Waals surface area contributed by atoms with Crippen molar-refractivity contribution < 1.29 is 14.3 Å². The molecule has 0 spiro atoms. The van der Waals surface area contributed by atoms with E-state index in [1.807, 2.05) is 4.90 Å². The zero-order valence-electron chi connectivity index (χ0n) is 32.2. The van der Waals surface area contributed by atoms with Crippen LogP contribution < -0.4 is 16.8 Å². The Kier molecular flexibility index (Phi) is 21.4. The van der Waals surface area contributed by atoms with E-state index in [9.17, 15) is 9.59 Å². The highest BCUT2D eigenvalue weighted by atomic mass is 35.5. The zero-order valence-corrected chi connectivity index (χ0v) is 34.7. The first kappa shape index (κ1) is 47.5. The number of hydrogen-bond acceptors (Lipinski definition) is 6. The lowest BCUT2D eigenvalue weighted by atomic mass is 9.45. The molecule has 1 amide bonds. The Bertz CT molecular complexity index is 1050. The van der Waals surface area contributed by atoms with Gasteiger partial charge in [-0.1, -0.05) is 72.0 Å². The molecule has 0 radical (unpaired) electrons. The summed E-state index contributed by atoms with van der Waals surface area (Å²) in [7, 11) is 0. The van der Waals surface area contributed by atoms with Crippen molar-refractivity contribution in [3.63, 3.8) is 0 Å². The highest BCUT2D eigenvalue weighted by Crippen LogP contribution is 2.67. The van der Waals surface area contributed by atoms with Crippen LogP contribution in [0.1, 0.15) is 137 Å². The summed E-state index contributed by atoms with van der Waals surface area (Å²) in [5, 5.41) is 3.40. The van der Waals surface area contributed by atoms with Crippen LogP contribution in [0.2, 0.25) is 0 Å². The van der Waals surface area contributed by atoms with Crippen molar-refractivity contribution in [2.45, 2.75) is 143 Å². The minimum atomic E-state index is -0.364. The number of amides is 1. The van der Waals surface area contributed by atoms with Crippen molar-refractivity contribution in [1.82, 2.24) is 10.2 Å². The van der Waals surface area contributed by atoms with Gasteiger partial charge in [0.25, 0.3) is 0 Å². The molecule has 0 heterocycles. The zero-order chi connectivity index (χ0) is 34.0. The Morgan fingerprint density at radius 2 is 1.58 bits per heavy atom. The van der Waals surface area contributed by atoms with E-state index in [0.29, 0.717) is 43.4 Å². The highest BCUT2D eigenvalue weighted by molar-refractivity contribution is 5.94. The number of nitrogens with zero attached hydrogens (tertiary/aromatic N) is 1. The fourth-order valence-corrected chi connectivity index (χ4v) is 10.4. The molecule has 50 heavy (non-hydrogen) atoms. The molecule has 0 saturated heterocycles. The smallest absolute Gasteiger partial charge is 0.315 e. The second kappa shape index (κ2) is 22.6. The number of allylic oxidation sites excluding steroid dienone is 1. The lowest BCUT2D eigenvalue weighted by Crippen LogP contribution is -2.53. The van der Waals surface area contributed by atoms with Gasteiger partial charge in [-0.15, -0.1) is 37.2 Å². The van der Waals surface area contributed by atoms with Crippen molar-refractivity contribution in [2.75, 3.05) is 39.3 Å². The first-order valence-electron chi connectivity index (χ1n) is 19.8. The van der Waals surface area contributed by atoms with Gasteiger partial charge in [0, 0.05) is 19.5 Å². The molecule has 4 rings (SSSR count). The predicted octanol–water partition coefficient (Wildman–Crippen LogP) is 8.49. The van der Waals surface area contributed by atoms with Crippen LogP contribution in [0.4, 0.5) is 0 Å². The molecule has 7 unspecified atom stereocenters. The maximum absolute atomic E-state index is 13.2. The topological polar surface area (TPSA) is 111 Å². The molecule has 0 aromatic heterocycles. The minimum absolute atomic E-state index is 0. The molecule has 7 nitrogen and oxygen atoms in total. The Morgan fingerprint density at radius 1 is 0.880 bits per heavy atom. The molecule has 4 aliphatic rings. The van der Waals surface area contributed by atoms with Crippen molar-refractivity contribution in [1.29, 1.82) is 0 Å². The Hall–Kier alpha value is -0.570. The summed E-state index contributed by atoms with van der Waals surface area (Å²) in [5.41, 5.74) is 13.6. The lowest BCUT2D eigenvalue weighted by Gasteiger charge is -2.60. The third kappa shape index (κ3) is 12.2. The minimum Gasteiger partial charge on any atom is -0.462 e. The number of hydrogen-bond donors (Lipinski definition) is 3. The van der Waals surface area contributed by atoms with E-state index >= 15 is 0 Å². The number of halogens is 3. The SMILES string of the molecule is CC(C)CCC[C@@H](C)C1C=C2CC(OC(=O)CC(=O)N(CCCN)CCCCNCCCN)CCC2(C)C2CCC3(C)CCCC3C12.Cl.Cl.Cl. The number of carbonyl (C=O) groups is 2. The molecular weight excluding hydrogens is 691 g/mol. The lowest BCUT2D eigenvalue weighted by molar-refractivity contribution is -0.155. The number of esters is 1. The quantitative estimate of drug-likeness (QED) is 0.0527. The number of nitrogens with two attached hydrogens (primary N) is 2. The number of carbonyl (C=O) groups excluding carboxylic acids is 2. The number of ether oxygens (including phenoxy) is 1. The summed E-state index contributed by atoms with van der Waals surface area (Å²) >= 11 is 0. The van der Waals surface area contributed by atoms with E-state index in [0.717, 1.165) is 81.7 Å². The molecule has 0 aromatic carbocycles. The van der Waals surface area contributed by atoms with Crippen molar-refractivity contribution in [3.05, 3.63) is 11.6 Å². The first-order valence-corrected chi connectivity index (χ1v) is 19.8. The third-order valence-corrected chi connectivity index (χ3v) is 13.2. The van der Waals surface area contributed by atoms with Gasteiger partial charge in [-0.2, -0.15) is 0 Å². The van der Waals surface area contributed by atoms with E-state index in [-0.39, 0.29) is 67.0 Å². The second-order valence-electron chi connectivity index (χ2n) is 17.0. The summed E-state index contributed by atoms with van der Waals surface area (Å²) < 4.78 is 6.13. The molecule has 10 heteroatoms. The van der Waals surface area contributed by atoms with Crippen LogP contribution in [0.5, 0.6) is 0 Å². The standard InChI is InChI=1S/C40H72N4O3.3ClH/c1-29(2)12-8-13-30(3)33-27-31-26-32(15-19-40(31,5)35-16-18-39(4)17-9-14-34(39)38(33)35)47-37(46)28-36(45)44(25-11-21-42)24-7-6-22-43-23-10-20-41;;;/h27,29-30,32-35,38,43H,6-26,28,41-42H2,1-5H3;3*1H/t30-,32?,33?,34?,35?,38?,39?,40?;;;/m1.../s1. The average Bonchev–Trinajstić information content (AvgIpc) is 3.43. The van der Waals surface area contributed by atoms with Gasteiger partial charge >= 0.3 is 5.97 Å². The fourth-order valence-electron chi connectivity index (χ4n) is 10.4. The van der Waals surface area contributed by atoms with Crippen LogP contribution in [0.25, 0.3) is 0 Å². The normalized spacial score (nSPS) is 30.3. The van der Waals surface area contributed by atoms with Gasteiger partial charge in [0.2, 0.25) is 5.91 Å². The van der Waals surface area contributed by atoms with Gasteiger partial charge in [-0.25, -0.2) is 0 Å². The van der Waals surface area contributed by atoms with Crippen LogP contribution >= 0.6 is 37.2 Å². The number of nitrogens with one attached hydrogen (secondary N) is 1. The molecule has 294 valence electrons. The Labute approximate surface area is 324 Å². The summed E-state index contributed by atoms with van der Waals surface area (Å²) in [6.07, 6.45) is 19.7. The van der Waals surface area contributed by atoms with Crippen LogP contribution in [0, 0.1) is 46.3 Å². The molecule has 3 fully saturated rings. The molecule has 0 bridgehead atoms. The maximum atomic E-state index is 13.2. The van der Waals surface area contributed by atoms with E-state index in [1.165, 1.54) is 51.4 Å². The van der Waals surface area contributed by atoms with Crippen LogP contribution in [0.3, 0.4) is 0 Å². The van der Waals surface area contributed by atoms with E-state index in [2.05, 4.69) is 46.0 Å². The largest absolute Gasteiger partial charge is 0.462 e. The summed E-state index contributed by atoms with van der Waals surface area (Å²) in [6, 6.07) is 0. The van der Waals surface area contributed by atoms with Crippen LogP contribution in [0.15, 0.2) is 11.6 Å². The van der Waals surface area contributed by atoms with Crippen molar-refractivity contribution in [2.24, 2.45) is 57.8 Å². The molecule has 8 atom stereocenters. The Morgan fingerprint density at radius 3 is 2.28 bits per heavy atom. The summed E-state index contributed by atoms with van der Waals surface area (Å²) in [6.45, 7) is 16.7. The number of fused-ring (bicyclic) bond motifs is 5. The molecule has 4 aliphatic carbocycles. The highest BCUT2D eigenvalue weighted by Gasteiger charge is 2.59. The predicted molar refractivity (Wildman–Crippen MR) is 215 cm³/mol. The first-order chi connectivity index (χ1) is 22.5. The van der Waals surface area contributed by atoms with E-state index < -0.39 is 0 Å². The third-order valence-electron chi connectivity index (χ3n) is 13.2. The van der Waals surface area contributed by atoms with Crippen LogP contribution in [-0.2, 0) is 14.3 Å². The van der Waals surface area contributed by atoms with Gasteiger partial charge in [0.05, 0.1) is 0 Å². The monoisotopic (exact) mass is 764 g/mol. The van der Waals surface area contributed by atoms with Gasteiger partial charge in [0.1, 0.15) is 12.5 Å². The molecule has 0 aromatic rings. The van der Waals surface area contributed by atoms with Gasteiger partial charge in [0.15, 0.2) is 0 Å². The molecule has 3 saturated carbocycles.